The topological polar surface area (TPSA) is 45.7 Å². The minimum Gasteiger partial charge on any atom is -0.363 e. The Bertz CT molecular complexity index is 387. The van der Waals surface area contributed by atoms with Crippen LogP contribution in [0.4, 0.5) is 5.82 Å². The summed E-state index contributed by atoms with van der Waals surface area (Å²) >= 11 is 0. The number of aromatic nitrogens is 1. The summed E-state index contributed by atoms with van der Waals surface area (Å²) in [5.74, 6) is 0.674. The van der Waals surface area contributed by atoms with Gasteiger partial charge in [0.15, 0.2) is 0 Å². The molecule has 1 saturated heterocycles. The van der Waals surface area contributed by atoms with E-state index in [-0.39, 0.29) is 5.91 Å². The van der Waals surface area contributed by atoms with Gasteiger partial charge >= 0.3 is 0 Å². The summed E-state index contributed by atoms with van der Waals surface area (Å²) in [5.41, 5.74) is 0.612. The first-order valence-corrected chi connectivity index (χ1v) is 5.26. The molecule has 2 heterocycles. The highest BCUT2D eigenvalue weighted by atomic mass is 16.7. The van der Waals surface area contributed by atoms with E-state index in [4.69, 9.17) is 4.84 Å². The molecule has 1 aliphatic heterocycles. The summed E-state index contributed by atoms with van der Waals surface area (Å²) < 4.78 is 0. The Kier molecular flexibility index (Phi) is 3.05. The number of anilines is 1. The number of nitrogens with zero attached hydrogens (tertiary/aromatic N) is 3. The lowest BCUT2D eigenvalue weighted by molar-refractivity contribution is -0.0768. The number of hydroxylamine groups is 2. The SMILES string of the molecule is CN(C)c1cc(C(=O)N2CCCO2)ccn1. The predicted octanol–water partition coefficient (Wildman–Crippen LogP) is 0.925. The summed E-state index contributed by atoms with van der Waals surface area (Å²) in [4.78, 5) is 23.2. The molecule has 0 N–H and O–H groups in total. The molecule has 1 fully saturated rings. The third-order valence-electron chi connectivity index (χ3n) is 2.43. The van der Waals surface area contributed by atoms with Gasteiger partial charge in [0.2, 0.25) is 0 Å². The number of hydrogen-bond donors (Lipinski definition) is 0. The maximum atomic E-state index is 12.0. The fourth-order valence-electron chi connectivity index (χ4n) is 1.55. The van der Waals surface area contributed by atoms with E-state index in [2.05, 4.69) is 4.98 Å². The Balaban J connectivity index is 2.19. The van der Waals surface area contributed by atoms with Gasteiger partial charge in [-0.05, 0) is 18.6 Å². The van der Waals surface area contributed by atoms with Gasteiger partial charge in [-0.15, -0.1) is 0 Å². The van der Waals surface area contributed by atoms with Gasteiger partial charge in [-0.3, -0.25) is 9.63 Å². The molecule has 86 valence electrons. The van der Waals surface area contributed by atoms with E-state index >= 15 is 0 Å². The number of pyridine rings is 1. The summed E-state index contributed by atoms with van der Waals surface area (Å²) in [7, 11) is 3.78. The zero-order chi connectivity index (χ0) is 11.5. The molecule has 0 bridgehead atoms. The molecule has 0 aliphatic carbocycles. The first-order chi connectivity index (χ1) is 7.68. The van der Waals surface area contributed by atoms with Crippen LogP contribution in [0.25, 0.3) is 0 Å². The van der Waals surface area contributed by atoms with Gasteiger partial charge in [0.1, 0.15) is 5.82 Å². The second-order valence-electron chi connectivity index (χ2n) is 3.89. The van der Waals surface area contributed by atoms with Crippen LogP contribution in [0.15, 0.2) is 18.3 Å². The third-order valence-corrected chi connectivity index (χ3v) is 2.43. The smallest absolute Gasteiger partial charge is 0.277 e. The molecule has 1 aliphatic rings. The van der Waals surface area contributed by atoms with Crippen LogP contribution in [0, 0.1) is 0 Å². The van der Waals surface area contributed by atoms with E-state index in [0.29, 0.717) is 18.7 Å². The van der Waals surface area contributed by atoms with Crippen LogP contribution in [0.1, 0.15) is 16.8 Å². The summed E-state index contributed by atoms with van der Waals surface area (Å²) in [6.45, 7) is 1.29. The predicted molar refractivity (Wildman–Crippen MR) is 60.2 cm³/mol. The van der Waals surface area contributed by atoms with Crippen molar-refractivity contribution in [3.8, 4) is 0 Å². The molecule has 1 amide bonds. The lowest BCUT2D eigenvalue weighted by Gasteiger charge is -2.15. The van der Waals surface area contributed by atoms with Crippen molar-refractivity contribution < 1.29 is 9.63 Å². The number of amides is 1. The maximum absolute atomic E-state index is 12.0. The van der Waals surface area contributed by atoms with Crippen LogP contribution < -0.4 is 4.90 Å². The van der Waals surface area contributed by atoms with Gasteiger partial charge in [-0.2, -0.15) is 0 Å². The van der Waals surface area contributed by atoms with E-state index in [0.717, 1.165) is 12.2 Å². The van der Waals surface area contributed by atoms with E-state index in [1.807, 2.05) is 19.0 Å². The lowest BCUT2D eigenvalue weighted by Crippen LogP contribution is -2.26. The minimum atomic E-state index is -0.0944. The molecule has 16 heavy (non-hydrogen) atoms. The van der Waals surface area contributed by atoms with E-state index in [1.54, 1.807) is 18.3 Å². The van der Waals surface area contributed by atoms with Crippen LogP contribution >= 0.6 is 0 Å². The largest absolute Gasteiger partial charge is 0.363 e. The molecule has 0 saturated carbocycles. The first kappa shape index (κ1) is 10.9. The zero-order valence-electron chi connectivity index (χ0n) is 9.51. The van der Waals surface area contributed by atoms with Gasteiger partial charge in [0, 0.05) is 25.9 Å². The van der Waals surface area contributed by atoms with E-state index in [1.165, 1.54) is 5.06 Å². The number of hydrogen-bond acceptors (Lipinski definition) is 4. The third kappa shape index (κ3) is 2.14. The average molecular weight is 221 g/mol. The molecule has 5 heteroatoms. The molecule has 1 aromatic rings. The lowest BCUT2D eigenvalue weighted by atomic mass is 10.2. The quantitative estimate of drug-likeness (QED) is 0.745. The summed E-state index contributed by atoms with van der Waals surface area (Å²) in [5, 5.41) is 1.41. The fraction of sp³-hybridized carbons (Fsp3) is 0.455. The first-order valence-electron chi connectivity index (χ1n) is 5.26. The van der Waals surface area contributed by atoms with Crippen molar-refractivity contribution in [2.45, 2.75) is 6.42 Å². The van der Waals surface area contributed by atoms with Crippen LogP contribution in [0.2, 0.25) is 0 Å². The Labute approximate surface area is 94.6 Å². The van der Waals surface area contributed by atoms with Crippen molar-refractivity contribution in [1.82, 2.24) is 10.0 Å². The van der Waals surface area contributed by atoms with Crippen LogP contribution in [0.3, 0.4) is 0 Å². The van der Waals surface area contributed by atoms with Crippen LogP contribution in [0.5, 0.6) is 0 Å². The molecule has 5 nitrogen and oxygen atoms in total. The second kappa shape index (κ2) is 4.49. The monoisotopic (exact) mass is 221 g/mol. The van der Waals surface area contributed by atoms with Gasteiger partial charge in [-0.25, -0.2) is 10.0 Å². The molecule has 0 spiro atoms. The number of carbonyl (C=O) groups is 1. The highest BCUT2D eigenvalue weighted by Crippen LogP contribution is 2.14. The van der Waals surface area contributed by atoms with Crippen molar-refractivity contribution >= 4 is 11.7 Å². The standard InChI is InChI=1S/C11H15N3O2/c1-13(2)10-8-9(4-5-12-10)11(15)14-6-3-7-16-14/h4-5,8H,3,6-7H2,1-2H3. The Morgan fingerprint density at radius 2 is 2.38 bits per heavy atom. The highest BCUT2D eigenvalue weighted by Gasteiger charge is 2.21. The summed E-state index contributed by atoms with van der Waals surface area (Å²) in [6.07, 6.45) is 2.54. The Morgan fingerprint density at radius 1 is 1.56 bits per heavy atom. The maximum Gasteiger partial charge on any atom is 0.277 e. The molecule has 0 radical (unpaired) electrons. The Hall–Kier alpha value is -1.62. The Morgan fingerprint density at radius 3 is 3.00 bits per heavy atom. The van der Waals surface area contributed by atoms with Crippen molar-refractivity contribution in [3.05, 3.63) is 23.9 Å². The fourth-order valence-corrected chi connectivity index (χ4v) is 1.55. The van der Waals surface area contributed by atoms with E-state index in [9.17, 15) is 4.79 Å². The van der Waals surface area contributed by atoms with Crippen molar-refractivity contribution in [1.29, 1.82) is 0 Å². The molecule has 0 unspecified atom stereocenters. The van der Waals surface area contributed by atoms with Crippen molar-refractivity contribution in [2.75, 3.05) is 32.1 Å². The molecule has 1 aromatic heterocycles. The molecule has 2 rings (SSSR count). The average Bonchev–Trinajstić information content (AvgIpc) is 2.81. The number of rotatable bonds is 2. The van der Waals surface area contributed by atoms with Crippen molar-refractivity contribution in [2.24, 2.45) is 0 Å². The van der Waals surface area contributed by atoms with Crippen LogP contribution in [-0.4, -0.2) is 43.2 Å². The molecular formula is C11H15N3O2. The van der Waals surface area contributed by atoms with E-state index < -0.39 is 0 Å². The second-order valence-corrected chi connectivity index (χ2v) is 3.89. The highest BCUT2D eigenvalue weighted by molar-refractivity contribution is 5.94. The normalized spacial score (nSPS) is 15.2. The molecule has 0 aromatic carbocycles. The van der Waals surface area contributed by atoms with Gasteiger partial charge in [-0.1, -0.05) is 0 Å². The minimum absolute atomic E-state index is 0.0944. The molecular weight excluding hydrogens is 206 g/mol. The van der Waals surface area contributed by atoms with Crippen molar-refractivity contribution in [3.63, 3.8) is 0 Å². The van der Waals surface area contributed by atoms with Gasteiger partial charge < -0.3 is 4.90 Å². The van der Waals surface area contributed by atoms with Gasteiger partial charge in [0.25, 0.3) is 5.91 Å². The zero-order valence-corrected chi connectivity index (χ0v) is 9.51. The summed E-state index contributed by atoms with van der Waals surface area (Å²) in [6, 6.07) is 3.47. The number of carbonyl (C=O) groups excluding carboxylic acids is 1. The van der Waals surface area contributed by atoms with Crippen LogP contribution in [-0.2, 0) is 4.84 Å². The molecule has 0 atom stereocenters. The van der Waals surface area contributed by atoms with Gasteiger partial charge in [0.05, 0.1) is 13.2 Å².